The summed E-state index contributed by atoms with van der Waals surface area (Å²) in [6.07, 6.45) is 0.974. The summed E-state index contributed by atoms with van der Waals surface area (Å²) in [7, 11) is 3.34. The first-order valence-corrected chi connectivity index (χ1v) is 7.14. The molecule has 21 heavy (non-hydrogen) atoms. The van der Waals surface area contributed by atoms with Gasteiger partial charge < -0.3 is 14.6 Å². The molecule has 0 unspecified atom stereocenters. The average molecular weight is 284 g/mol. The zero-order valence-corrected chi connectivity index (χ0v) is 12.4. The number of hydrogen-bond donors (Lipinski definition) is 1. The third-order valence-corrected chi connectivity index (χ3v) is 4.54. The molecule has 0 aromatic heterocycles. The van der Waals surface area contributed by atoms with Crippen LogP contribution in [-0.4, -0.2) is 25.9 Å². The van der Waals surface area contributed by atoms with E-state index < -0.39 is 0 Å². The Kier molecular flexibility index (Phi) is 3.60. The van der Waals surface area contributed by atoms with Crippen LogP contribution >= 0.6 is 0 Å². The molecular formula is C18H20O3. The number of hydrogen-bond acceptors (Lipinski definition) is 3. The molecule has 1 aliphatic carbocycles. The Morgan fingerprint density at radius 2 is 1.33 bits per heavy atom. The quantitative estimate of drug-likeness (QED) is 0.917. The van der Waals surface area contributed by atoms with Crippen LogP contribution in [0.1, 0.15) is 17.5 Å². The van der Waals surface area contributed by atoms with Crippen LogP contribution in [-0.2, 0) is 5.41 Å². The van der Waals surface area contributed by atoms with Crippen LogP contribution in [0.5, 0.6) is 11.5 Å². The lowest BCUT2D eigenvalue weighted by Gasteiger charge is -2.19. The van der Waals surface area contributed by atoms with E-state index in [2.05, 4.69) is 24.3 Å². The Morgan fingerprint density at radius 1 is 0.905 bits per heavy atom. The Hall–Kier alpha value is -2.00. The molecule has 1 atom stereocenters. The van der Waals surface area contributed by atoms with Crippen molar-refractivity contribution in [3.05, 3.63) is 59.7 Å². The van der Waals surface area contributed by atoms with Crippen molar-refractivity contribution in [1.82, 2.24) is 0 Å². The molecule has 0 aliphatic heterocycles. The van der Waals surface area contributed by atoms with Crippen LogP contribution < -0.4 is 9.47 Å². The predicted octanol–water partition coefficient (Wildman–Crippen LogP) is 3.00. The standard InChI is InChI=1S/C18H20O3/c1-20-16-7-3-13(4-8-16)18(11-15(18)12-19)14-5-9-17(21-2)10-6-14/h3-10,15,19H,11-12H2,1-2H3/t15-/m0/s1. The molecular weight excluding hydrogens is 264 g/mol. The summed E-state index contributed by atoms with van der Waals surface area (Å²) in [6, 6.07) is 16.3. The lowest BCUT2D eigenvalue weighted by Crippen LogP contribution is -2.14. The van der Waals surface area contributed by atoms with Crippen molar-refractivity contribution < 1.29 is 14.6 Å². The van der Waals surface area contributed by atoms with Crippen molar-refractivity contribution in [3.8, 4) is 11.5 Å². The minimum Gasteiger partial charge on any atom is -0.497 e. The third kappa shape index (κ3) is 2.28. The minimum absolute atomic E-state index is 0.0761. The van der Waals surface area contributed by atoms with Gasteiger partial charge in [0.15, 0.2) is 0 Å². The summed E-state index contributed by atoms with van der Waals surface area (Å²) in [6.45, 7) is 0.206. The molecule has 0 bridgehead atoms. The van der Waals surface area contributed by atoms with Crippen molar-refractivity contribution in [2.75, 3.05) is 20.8 Å². The fourth-order valence-corrected chi connectivity index (χ4v) is 3.20. The summed E-state index contributed by atoms with van der Waals surface area (Å²) >= 11 is 0. The van der Waals surface area contributed by atoms with E-state index in [1.54, 1.807) is 14.2 Å². The predicted molar refractivity (Wildman–Crippen MR) is 82.0 cm³/mol. The minimum atomic E-state index is -0.0761. The summed E-state index contributed by atoms with van der Waals surface area (Å²) in [5.74, 6) is 1.98. The maximum absolute atomic E-state index is 9.62. The largest absolute Gasteiger partial charge is 0.497 e. The SMILES string of the molecule is COc1ccc(C2(c3ccc(OC)cc3)C[C@H]2CO)cc1. The Balaban J connectivity index is 1.99. The molecule has 0 radical (unpaired) electrons. The second-order valence-corrected chi connectivity index (χ2v) is 5.51. The van der Waals surface area contributed by atoms with Crippen molar-refractivity contribution >= 4 is 0 Å². The van der Waals surface area contributed by atoms with Gasteiger partial charge in [0.25, 0.3) is 0 Å². The highest BCUT2D eigenvalue weighted by Gasteiger charge is 2.55. The summed E-state index contributed by atoms with van der Waals surface area (Å²) < 4.78 is 10.5. The first-order chi connectivity index (χ1) is 10.2. The highest BCUT2D eigenvalue weighted by molar-refractivity contribution is 5.49. The average Bonchev–Trinajstić information content (AvgIpc) is 3.31. The van der Waals surface area contributed by atoms with Gasteiger partial charge in [-0.1, -0.05) is 24.3 Å². The van der Waals surface area contributed by atoms with Gasteiger partial charge in [0.05, 0.1) is 14.2 Å². The smallest absolute Gasteiger partial charge is 0.118 e. The maximum atomic E-state index is 9.62. The molecule has 1 fully saturated rings. The molecule has 0 saturated heterocycles. The Morgan fingerprint density at radius 3 is 1.62 bits per heavy atom. The molecule has 1 saturated carbocycles. The van der Waals surface area contributed by atoms with Crippen molar-refractivity contribution in [3.63, 3.8) is 0 Å². The van der Waals surface area contributed by atoms with Crippen LogP contribution in [0, 0.1) is 5.92 Å². The topological polar surface area (TPSA) is 38.7 Å². The molecule has 3 nitrogen and oxygen atoms in total. The second-order valence-electron chi connectivity index (χ2n) is 5.51. The lowest BCUT2D eigenvalue weighted by atomic mass is 9.85. The van der Waals surface area contributed by atoms with Crippen molar-refractivity contribution in [2.45, 2.75) is 11.8 Å². The molecule has 0 amide bonds. The molecule has 1 aliphatic rings. The van der Waals surface area contributed by atoms with Gasteiger partial charge in [0.1, 0.15) is 11.5 Å². The van der Waals surface area contributed by atoms with Crippen molar-refractivity contribution in [1.29, 1.82) is 0 Å². The lowest BCUT2D eigenvalue weighted by molar-refractivity contribution is 0.268. The van der Waals surface area contributed by atoms with Gasteiger partial charge in [0.2, 0.25) is 0 Å². The first kappa shape index (κ1) is 14.0. The van der Waals surface area contributed by atoms with E-state index in [9.17, 15) is 5.11 Å². The fourth-order valence-electron chi connectivity index (χ4n) is 3.20. The Bertz CT molecular complexity index is 554. The molecule has 0 heterocycles. The highest BCUT2D eigenvalue weighted by atomic mass is 16.5. The van der Waals surface area contributed by atoms with E-state index in [0.29, 0.717) is 0 Å². The highest BCUT2D eigenvalue weighted by Crippen LogP contribution is 2.58. The third-order valence-electron chi connectivity index (χ3n) is 4.54. The summed E-state index contributed by atoms with van der Waals surface area (Å²) in [5.41, 5.74) is 2.38. The number of aliphatic hydroxyl groups is 1. The van der Waals surface area contributed by atoms with E-state index in [0.717, 1.165) is 17.9 Å². The van der Waals surface area contributed by atoms with Crippen LogP contribution in [0.15, 0.2) is 48.5 Å². The first-order valence-electron chi connectivity index (χ1n) is 7.14. The monoisotopic (exact) mass is 284 g/mol. The molecule has 110 valence electrons. The maximum Gasteiger partial charge on any atom is 0.118 e. The normalized spacial score (nSPS) is 19.1. The van der Waals surface area contributed by atoms with E-state index in [1.165, 1.54) is 11.1 Å². The Labute approximate surface area is 125 Å². The molecule has 3 heteroatoms. The van der Waals surface area contributed by atoms with Crippen LogP contribution in [0.2, 0.25) is 0 Å². The van der Waals surface area contributed by atoms with Gasteiger partial charge in [-0.25, -0.2) is 0 Å². The fraction of sp³-hybridized carbons (Fsp3) is 0.333. The zero-order chi connectivity index (χ0) is 14.9. The van der Waals surface area contributed by atoms with Crippen LogP contribution in [0.4, 0.5) is 0 Å². The van der Waals surface area contributed by atoms with E-state index in [-0.39, 0.29) is 17.9 Å². The summed E-state index contributed by atoms with van der Waals surface area (Å²) in [4.78, 5) is 0. The number of aliphatic hydroxyl groups excluding tert-OH is 1. The van der Waals surface area contributed by atoms with Crippen LogP contribution in [0.25, 0.3) is 0 Å². The van der Waals surface area contributed by atoms with Gasteiger partial charge in [-0.3, -0.25) is 0 Å². The van der Waals surface area contributed by atoms with Crippen molar-refractivity contribution in [2.24, 2.45) is 5.92 Å². The molecule has 2 aromatic rings. The summed E-state index contributed by atoms with van der Waals surface area (Å²) in [5, 5.41) is 9.62. The molecule has 3 rings (SSSR count). The number of ether oxygens (including phenoxy) is 2. The molecule has 0 spiro atoms. The van der Waals surface area contributed by atoms with E-state index >= 15 is 0 Å². The molecule has 2 aromatic carbocycles. The van der Waals surface area contributed by atoms with Gasteiger partial charge in [-0.2, -0.15) is 0 Å². The van der Waals surface area contributed by atoms with Crippen LogP contribution in [0.3, 0.4) is 0 Å². The number of methoxy groups -OCH3 is 2. The van der Waals surface area contributed by atoms with Gasteiger partial charge in [-0.05, 0) is 47.7 Å². The van der Waals surface area contributed by atoms with Gasteiger partial charge in [0, 0.05) is 12.0 Å². The zero-order valence-electron chi connectivity index (χ0n) is 12.4. The molecule has 1 N–H and O–H groups in total. The number of benzene rings is 2. The second kappa shape index (κ2) is 5.41. The van der Waals surface area contributed by atoms with E-state index in [1.807, 2.05) is 24.3 Å². The van der Waals surface area contributed by atoms with E-state index in [4.69, 9.17) is 9.47 Å². The van der Waals surface area contributed by atoms with Gasteiger partial charge in [-0.15, -0.1) is 0 Å². The van der Waals surface area contributed by atoms with Gasteiger partial charge >= 0.3 is 0 Å². The number of rotatable bonds is 5.